The van der Waals surface area contributed by atoms with Crippen LogP contribution in [0.1, 0.15) is 30.4 Å². The van der Waals surface area contributed by atoms with Gasteiger partial charge in [-0.1, -0.05) is 35.9 Å². The highest BCUT2D eigenvalue weighted by Crippen LogP contribution is 2.33. The van der Waals surface area contributed by atoms with Crippen molar-refractivity contribution < 1.29 is 4.79 Å². The number of benzene rings is 1. The summed E-state index contributed by atoms with van der Waals surface area (Å²) in [5, 5.41) is 0.783. The maximum absolute atomic E-state index is 12.6. The number of allylic oxidation sites excluding steroid dienone is 2. The first-order valence-corrected chi connectivity index (χ1v) is 7.73. The van der Waals surface area contributed by atoms with Crippen LogP contribution in [-0.2, 0) is 11.3 Å². The van der Waals surface area contributed by atoms with Crippen molar-refractivity contribution in [2.75, 3.05) is 6.54 Å². The first-order chi connectivity index (χ1) is 9.65. The Morgan fingerprint density at radius 1 is 1.35 bits per heavy atom. The van der Waals surface area contributed by atoms with Crippen molar-refractivity contribution in [2.45, 2.75) is 32.7 Å². The summed E-state index contributed by atoms with van der Waals surface area (Å²) in [6, 6.07) is 6.08. The fourth-order valence-electron chi connectivity index (χ4n) is 3.26. The topological polar surface area (TPSA) is 20.3 Å². The van der Waals surface area contributed by atoms with Gasteiger partial charge in [-0.3, -0.25) is 4.79 Å². The second-order valence-electron chi connectivity index (χ2n) is 5.91. The predicted molar refractivity (Wildman–Crippen MR) is 81.6 cm³/mol. The smallest absolute Gasteiger partial charge is 0.226 e. The van der Waals surface area contributed by atoms with Crippen LogP contribution in [0.2, 0.25) is 5.02 Å². The Bertz CT molecular complexity index is 552. The third-order valence-corrected chi connectivity index (χ3v) is 4.92. The second-order valence-corrected chi connectivity index (χ2v) is 6.32. The molecule has 1 unspecified atom stereocenters. The first-order valence-electron chi connectivity index (χ1n) is 7.35. The third kappa shape index (κ3) is 2.62. The van der Waals surface area contributed by atoms with Gasteiger partial charge in [0.05, 0.1) is 0 Å². The number of likely N-dealkylation sites (tertiary alicyclic amines) is 1. The molecule has 3 rings (SSSR count). The number of amides is 1. The number of piperidine rings is 1. The van der Waals surface area contributed by atoms with Crippen LogP contribution in [0.15, 0.2) is 30.4 Å². The standard InChI is InChI=1S/C17H20ClNO/c1-12-6-7-13(10-16(12)18)11-19-9-8-14-4-2-3-5-15(14)17(19)20/h2,4,6-7,10,14-15H,3,5,8-9,11H2,1H3/t14-,15?/m0/s1. The van der Waals surface area contributed by atoms with Crippen molar-refractivity contribution in [3.05, 3.63) is 46.5 Å². The number of nitrogens with zero attached hydrogens (tertiary/aromatic N) is 1. The van der Waals surface area contributed by atoms with Crippen LogP contribution in [0.4, 0.5) is 0 Å². The first kappa shape index (κ1) is 13.7. The van der Waals surface area contributed by atoms with E-state index >= 15 is 0 Å². The Morgan fingerprint density at radius 2 is 2.20 bits per heavy atom. The lowest BCUT2D eigenvalue weighted by Gasteiger charge is -2.38. The third-order valence-electron chi connectivity index (χ3n) is 4.52. The maximum Gasteiger partial charge on any atom is 0.226 e. The minimum absolute atomic E-state index is 0.203. The predicted octanol–water partition coefficient (Wildman–Crippen LogP) is 3.96. The molecule has 1 aliphatic heterocycles. The molecule has 1 heterocycles. The van der Waals surface area contributed by atoms with Gasteiger partial charge in [-0.25, -0.2) is 0 Å². The molecule has 2 nitrogen and oxygen atoms in total. The monoisotopic (exact) mass is 289 g/mol. The molecule has 106 valence electrons. The Balaban J connectivity index is 1.73. The highest BCUT2D eigenvalue weighted by molar-refractivity contribution is 6.31. The van der Waals surface area contributed by atoms with Crippen LogP contribution in [0.25, 0.3) is 0 Å². The molecule has 2 aliphatic rings. The van der Waals surface area contributed by atoms with Crippen LogP contribution < -0.4 is 0 Å². The van der Waals surface area contributed by atoms with Gasteiger partial charge in [0.2, 0.25) is 5.91 Å². The summed E-state index contributed by atoms with van der Waals surface area (Å²) in [5.41, 5.74) is 2.21. The molecule has 20 heavy (non-hydrogen) atoms. The van der Waals surface area contributed by atoms with E-state index in [9.17, 15) is 4.79 Å². The molecule has 1 aromatic rings. The largest absolute Gasteiger partial charge is 0.338 e. The summed E-state index contributed by atoms with van der Waals surface area (Å²) in [4.78, 5) is 14.6. The van der Waals surface area contributed by atoms with E-state index in [1.807, 2.05) is 24.0 Å². The van der Waals surface area contributed by atoms with Crippen molar-refractivity contribution in [2.24, 2.45) is 11.8 Å². The highest BCUT2D eigenvalue weighted by Gasteiger charge is 2.35. The van der Waals surface area contributed by atoms with E-state index in [0.29, 0.717) is 18.4 Å². The number of aryl methyl sites for hydroxylation is 1. The van der Waals surface area contributed by atoms with E-state index in [1.54, 1.807) is 0 Å². The Morgan fingerprint density at radius 3 is 3.00 bits per heavy atom. The quantitative estimate of drug-likeness (QED) is 0.755. The number of hydrogen-bond donors (Lipinski definition) is 0. The number of carbonyl (C=O) groups is 1. The average Bonchev–Trinajstić information content (AvgIpc) is 2.46. The molecule has 0 aromatic heterocycles. The molecule has 0 N–H and O–H groups in total. The fourth-order valence-corrected chi connectivity index (χ4v) is 3.46. The van der Waals surface area contributed by atoms with Crippen LogP contribution in [-0.4, -0.2) is 17.4 Å². The molecule has 2 atom stereocenters. The zero-order valence-corrected chi connectivity index (χ0v) is 12.6. The molecule has 0 spiro atoms. The van der Waals surface area contributed by atoms with Gasteiger partial charge in [-0.2, -0.15) is 0 Å². The van der Waals surface area contributed by atoms with Crippen molar-refractivity contribution in [1.29, 1.82) is 0 Å². The summed E-state index contributed by atoms with van der Waals surface area (Å²) >= 11 is 6.17. The number of hydrogen-bond acceptors (Lipinski definition) is 1. The molecule has 1 amide bonds. The lowest BCUT2D eigenvalue weighted by molar-refractivity contribution is -0.141. The summed E-state index contributed by atoms with van der Waals surface area (Å²) in [6.45, 7) is 3.54. The highest BCUT2D eigenvalue weighted by atomic mass is 35.5. The van der Waals surface area contributed by atoms with Gasteiger partial charge < -0.3 is 4.90 Å². The molecule has 1 aromatic carbocycles. The molecule has 1 fully saturated rings. The van der Waals surface area contributed by atoms with Crippen LogP contribution >= 0.6 is 11.6 Å². The van der Waals surface area contributed by atoms with Gasteiger partial charge in [0.15, 0.2) is 0 Å². The second kappa shape index (κ2) is 5.61. The van der Waals surface area contributed by atoms with Gasteiger partial charge in [-0.05, 0) is 49.3 Å². The number of rotatable bonds is 2. The van der Waals surface area contributed by atoms with Gasteiger partial charge in [0.1, 0.15) is 0 Å². The van der Waals surface area contributed by atoms with Gasteiger partial charge in [0.25, 0.3) is 0 Å². The van der Waals surface area contributed by atoms with E-state index in [1.165, 1.54) is 0 Å². The lowest BCUT2D eigenvalue weighted by Crippen LogP contribution is -2.45. The zero-order chi connectivity index (χ0) is 14.1. The summed E-state index contributed by atoms with van der Waals surface area (Å²) in [7, 11) is 0. The number of fused-ring (bicyclic) bond motifs is 1. The Labute approximate surface area is 125 Å². The molecule has 1 saturated heterocycles. The van der Waals surface area contributed by atoms with Crippen molar-refractivity contribution in [3.8, 4) is 0 Å². The van der Waals surface area contributed by atoms with Crippen molar-refractivity contribution >= 4 is 17.5 Å². The molecule has 0 bridgehead atoms. The molecular formula is C17H20ClNO. The lowest BCUT2D eigenvalue weighted by atomic mass is 9.78. The van der Waals surface area contributed by atoms with Crippen molar-refractivity contribution in [1.82, 2.24) is 4.90 Å². The number of halogens is 1. The Hall–Kier alpha value is -1.28. The van der Waals surface area contributed by atoms with Crippen LogP contribution in [0, 0.1) is 18.8 Å². The summed E-state index contributed by atoms with van der Waals surface area (Å²) in [5.74, 6) is 0.992. The van der Waals surface area contributed by atoms with Gasteiger partial charge in [0, 0.05) is 24.0 Å². The molecular weight excluding hydrogens is 270 g/mol. The normalized spacial score (nSPS) is 25.7. The van der Waals surface area contributed by atoms with Gasteiger partial charge >= 0.3 is 0 Å². The van der Waals surface area contributed by atoms with Crippen molar-refractivity contribution in [3.63, 3.8) is 0 Å². The SMILES string of the molecule is Cc1ccc(CN2CC[C@@H]3C=CCCC3C2=O)cc1Cl. The Kier molecular flexibility index (Phi) is 3.84. The fraction of sp³-hybridized carbons (Fsp3) is 0.471. The van der Waals surface area contributed by atoms with Crippen LogP contribution in [0.5, 0.6) is 0 Å². The summed E-state index contributed by atoms with van der Waals surface area (Å²) in [6.07, 6.45) is 7.60. The van der Waals surface area contributed by atoms with E-state index in [0.717, 1.165) is 42.0 Å². The van der Waals surface area contributed by atoms with Crippen LogP contribution in [0.3, 0.4) is 0 Å². The molecule has 1 aliphatic carbocycles. The molecule has 0 saturated carbocycles. The zero-order valence-electron chi connectivity index (χ0n) is 11.8. The van der Waals surface area contributed by atoms with E-state index in [4.69, 9.17) is 11.6 Å². The molecule has 0 radical (unpaired) electrons. The molecule has 3 heteroatoms. The summed E-state index contributed by atoms with van der Waals surface area (Å²) < 4.78 is 0. The average molecular weight is 290 g/mol. The van der Waals surface area contributed by atoms with E-state index in [2.05, 4.69) is 18.2 Å². The van der Waals surface area contributed by atoms with E-state index < -0.39 is 0 Å². The maximum atomic E-state index is 12.6. The minimum atomic E-state index is 0.203. The van der Waals surface area contributed by atoms with E-state index in [-0.39, 0.29) is 5.92 Å². The number of carbonyl (C=O) groups excluding carboxylic acids is 1. The minimum Gasteiger partial charge on any atom is -0.338 e. The van der Waals surface area contributed by atoms with Gasteiger partial charge in [-0.15, -0.1) is 0 Å².